The molecular formula is C26H34N8. The fraction of sp³-hybridized carbons (Fsp3) is 0.308. The third kappa shape index (κ3) is 5.47. The Morgan fingerprint density at radius 2 is 1.82 bits per heavy atom. The number of anilines is 2. The molecule has 0 amide bonds. The number of rotatable bonds is 7. The summed E-state index contributed by atoms with van der Waals surface area (Å²) in [7, 11) is 1.74. The van der Waals surface area contributed by atoms with Crippen LogP contribution >= 0.6 is 0 Å². The number of fused-ring (bicyclic) bond motifs is 1. The Balaban J connectivity index is 1.49. The van der Waals surface area contributed by atoms with Crippen molar-refractivity contribution in [2.75, 3.05) is 43.4 Å². The van der Waals surface area contributed by atoms with Gasteiger partial charge >= 0.3 is 0 Å². The molecule has 1 saturated heterocycles. The first-order chi connectivity index (χ1) is 16.3. The van der Waals surface area contributed by atoms with E-state index >= 15 is 0 Å². The first-order valence-corrected chi connectivity index (χ1v) is 11.6. The standard InChI is InChI=1S/C26H34N8/c1-18(2)33-9-11-34(12-10-33)26-15-20(7-8-29-26)19(3)31-25-14-23-13-21(24(27)17-32(4)28)5-6-22(23)16-30-25/h5-8,13-18H,3,9-12,27-28H2,1-2,4H3,(H,30,31)/b24-17-. The second-order valence-electron chi connectivity index (χ2n) is 9.00. The minimum atomic E-state index is 0.574. The summed E-state index contributed by atoms with van der Waals surface area (Å²) >= 11 is 0. The highest BCUT2D eigenvalue weighted by Crippen LogP contribution is 2.24. The molecule has 8 nitrogen and oxygen atoms in total. The molecule has 2 aromatic heterocycles. The van der Waals surface area contributed by atoms with Gasteiger partial charge in [-0.1, -0.05) is 18.7 Å². The van der Waals surface area contributed by atoms with Gasteiger partial charge in [0.1, 0.15) is 11.6 Å². The van der Waals surface area contributed by atoms with Gasteiger partial charge in [0.2, 0.25) is 0 Å². The van der Waals surface area contributed by atoms with Gasteiger partial charge in [-0.2, -0.15) is 0 Å². The Hall–Kier alpha value is -3.62. The Morgan fingerprint density at radius 3 is 2.53 bits per heavy atom. The highest BCUT2D eigenvalue weighted by atomic mass is 15.4. The fourth-order valence-corrected chi connectivity index (χ4v) is 4.16. The van der Waals surface area contributed by atoms with E-state index in [-0.39, 0.29) is 0 Å². The van der Waals surface area contributed by atoms with Crippen LogP contribution in [0.5, 0.6) is 0 Å². The topological polar surface area (TPSA) is 99.6 Å². The molecule has 8 heteroatoms. The van der Waals surface area contributed by atoms with Crippen molar-refractivity contribution in [1.82, 2.24) is 19.9 Å². The number of aromatic nitrogens is 2. The molecule has 0 radical (unpaired) electrons. The van der Waals surface area contributed by atoms with E-state index in [4.69, 9.17) is 11.6 Å². The minimum Gasteiger partial charge on any atom is -0.397 e. The van der Waals surface area contributed by atoms with E-state index in [2.05, 4.69) is 51.6 Å². The maximum absolute atomic E-state index is 6.16. The third-order valence-electron chi connectivity index (χ3n) is 6.14. The van der Waals surface area contributed by atoms with Gasteiger partial charge in [0.05, 0.1) is 5.70 Å². The van der Waals surface area contributed by atoms with Crippen LogP contribution in [-0.2, 0) is 0 Å². The van der Waals surface area contributed by atoms with E-state index in [0.29, 0.717) is 11.7 Å². The molecule has 0 bridgehead atoms. The van der Waals surface area contributed by atoms with Gasteiger partial charge in [0, 0.05) is 74.5 Å². The number of hydrazine groups is 1. The molecule has 5 N–H and O–H groups in total. The number of pyridine rings is 2. The van der Waals surface area contributed by atoms with Crippen LogP contribution in [0.15, 0.2) is 61.6 Å². The highest BCUT2D eigenvalue weighted by molar-refractivity contribution is 5.88. The summed E-state index contributed by atoms with van der Waals surface area (Å²) in [6, 6.07) is 12.6. The summed E-state index contributed by atoms with van der Waals surface area (Å²) in [6.45, 7) is 12.8. The zero-order valence-corrected chi connectivity index (χ0v) is 20.2. The predicted molar refractivity (Wildman–Crippen MR) is 142 cm³/mol. The van der Waals surface area contributed by atoms with Gasteiger partial charge in [0.25, 0.3) is 0 Å². The average molecular weight is 459 g/mol. The summed E-state index contributed by atoms with van der Waals surface area (Å²) in [5.74, 6) is 7.39. The molecule has 0 unspecified atom stereocenters. The molecule has 1 aliphatic rings. The summed E-state index contributed by atoms with van der Waals surface area (Å²) < 4.78 is 0. The Bertz CT molecular complexity index is 1190. The van der Waals surface area contributed by atoms with Gasteiger partial charge in [-0.3, -0.25) is 4.90 Å². The van der Waals surface area contributed by atoms with E-state index in [1.54, 1.807) is 13.2 Å². The van der Waals surface area contributed by atoms with Crippen molar-refractivity contribution in [2.24, 2.45) is 11.6 Å². The molecule has 1 aliphatic heterocycles. The maximum Gasteiger partial charge on any atom is 0.130 e. The van der Waals surface area contributed by atoms with Crippen LogP contribution in [0, 0.1) is 0 Å². The number of nitrogens with zero attached hydrogens (tertiary/aromatic N) is 5. The molecular weight excluding hydrogens is 424 g/mol. The molecule has 0 spiro atoms. The molecule has 0 atom stereocenters. The molecule has 0 saturated carbocycles. The minimum absolute atomic E-state index is 0.574. The van der Waals surface area contributed by atoms with E-state index in [9.17, 15) is 0 Å². The van der Waals surface area contributed by atoms with Gasteiger partial charge < -0.3 is 21.0 Å². The maximum atomic E-state index is 6.16. The van der Waals surface area contributed by atoms with Crippen molar-refractivity contribution in [3.05, 3.63) is 72.7 Å². The third-order valence-corrected chi connectivity index (χ3v) is 6.14. The molecule has 4 rings (SSSR count). The lowest BCUT2D eigenvalue weighted by Gasteiger charge is -2.37. The average Bonchev–Trinajstić information content (AvgIpc) is 2.83. The molecule has 178 valence electrons. The lowest BCUT2D eigenvalue weighted by molar-refractivity contribution is 0.209. The van der Waals surface area contributed by atoms with Gasteiger partial charge in [-0.15, -0.1) is 0 Å². The number of nitrogens with two attached hydrogens (primary N) is 2. The first kappa shape index (κ1) is 23.5. The molecule has 3 heterocycles. The summed E-state index contributed by atoms with van der Waals surface area (Å²) in [5.41, 5.74) is 9.43. The second-order valence-corrected chi connectivity index (χ2v) is 9.00. The molecule has 0 aliphatic carbocycles. The van der Waals surface area contributed by atoms with Crippen LogP contribution in [0.25, 0.3) is 22.2 Å². The number of hydrogen-bond donors (Lipinski definition) is 3. The van der Waals surface area contributed by atoms with Crippen LogP contribution in [-0.4, -0.2) is 59.1 Å². The summed E-state index contributed by atoms with van der Waals surface area (Å²) in [6.07, 6.45) is 5.37. The van der Waals surface area contributed by atoms with E-state index in [1.807, 2.05) is 42.7 Å². The van der Waals surface area contributed by atoms with Crippen LogP contribution in [0.4, 0.5) is 11.6 Å². The van der Waals surface area contributed by atoms with Crippen molar-refractivity contribution in [3.63, 3.8) is 0 Å². The lowest BCUT2D eigenvalue weighted by atomic mass is 10.1. The largest absolute Gasteiger partial charge is 0.397 e. The van der Waals surface area contributed by atoms with E-state index < -0.39 is 0 Å². The van der Waals surface area contributed by atoms with Gasteiger partial charge in [0.15, 0.2) is 0 Å². The summed E-state index contributed by atoms with van der Waals surface area (Å²) in [5, 5.41) is 6.84. The van der Waals surface area contributed by atoms with E-state index in [1.165, 1.54) is 5.01 Å². The number of benzene rings is 1. The van der Waals surface area contributed by atoms with Crippen molar-refractivity contribution >= 4 is 33.8 Å². The van der Waals surface area contributed by atoms with Crippen molar-refractivity contribution in [2.45, 2.75) is 19.9 Å². The summed E-state index contributed by atoms with van der Waals surface area (Å²) in [4.78, 5) is 14.0. The van der Waals surface area contributed by atoms with Gasteiger partial charge in [-0.25, -0.2) is 15.8 Å². The molecule has 3 aromatic rings. The monoisotopic (exact) mass is 458 g/mol. The van der Waals surface area contributed by atoms with Crippen LogP contribution in [0.1, 0.15) is 25.0 Å². The number of piperazine rings is 1. The number of hydrogen-bond acceptors (Lipinski definition) is 8. The zero-order valence-electron chi connectivity index (χ0n) is 20.2. The molecule has 34 heavy (non-hydrogen) atoms. The quantitative estimate of drug-likeness (QED) is 0.366. The van der Waals surface area contributed by atoms with Crippen LogP contribution in [0.3, 0.4) is 0 Å². The smallest absolute Gasteiger partial charge is 0.130 e. The van der Waals surface area contributed by atoms with Crippen molar-refractivity contribution in [1.29, 1.82) is 0 Å². The Morgan fingerprint density at radius 1 is 1.06 bits per heavy atom. The van der Waals surface area contributed by atoms with Crippen LogP contribution < -0.4 is 21.8 Å². The SMILES string of the molecule is C=C(Nc1cc2cc(/C(N)=C/N(C)N)ccc2cn1)c1ccnc(N2CCN(C(C)C)CC2)c1. The first-order valence-electron chi connectivity index (χ1n) is 11.6. The van der Waals surface area contributed by atoms with E-state index in [0.717, 1.165) is 65.4 Å². The van der Waals surface area contributed by atoms with Gasteiger partial charge in [-0.05, 0) is 49.1 Å². The van der Waals surface area contributed by atoms with Crippen molar-refractivity contribution < 1.29 is 0 Å². The molecule has 1 aromatic carbocycles. The number of nitrogens with one attached hydrogen (secondary N) is 1. The normalized spacial score (nSPS) is 15.1. The Labute approximate surface area is 201 Å². The highest BCUT2D eigenvalue weighted by Gasteiger charge is 2.20. The zero-order chi connectivity index (χ0) is 24.2. The van der Waals surface area contributed by atoms with Crippen LogP contribution in [0.2, 0.25) is 0 Å². The van der Waals surface area contributed by atoms with Crippen molar-refractivity contribution in [3.8, 4) is 0 Å². The molecule has 1 fully saturated rings. The lowest BCUT2D eigenvalue weighted by Crippen LogP contribution is -2.49. The second kappa shape index (κ2) is 10.1. The fourth-order valence-electron chi connectivity index (χ4n) is 4.16. The Kier molecular flexibility index (Phi) is 7.00. The predicted octanol–water partition coefficient (Wildman–Crippen LogP) is 3.31.